The standard InChI is InChI=1S/C23H17F6N3O3/c1-2-3-17(33)18-19(11-6-12(22(24,25)26)8-13(7-11)23(27,28)29)32(21(35)20(18)34)14-4-5-15-16(9-14)31-10-30-15/h4-10,34-35H,2-3H2,1H3,(H,30,31). The number of ketones is 1. The number of nitrogens with zero attached hydrogens (tertiary/aromatic N) is 2. The van der Waals surface area contributed by atoms with Crippen molar-refractivity contribution in [3.63, 3.8) is 0 Å². The van der Waals surface area contributed by atoms with Crippen molar-refractivity contribution in [2.24, 2.45) is 0 Å². The van der Waals surface area contributed by atoms with E-state index in [2.05, 4.69) is 9.97 Å². The molecule has 2 heterocycles. The molecule has 0 atom stereocenters. The normalized spacial score (nSPS) is 12.4. The van der Waals surface area contributed by atoms with E-state index in [9.17, 15) is 41.4 Å². The SMILES string of the molecule is CCCC(=O)c1c(O)c(O)n(-c2ccc3nc[nH]c3c2)c1-c1cc(C(F)(F)F)cc(C(F)(F)F)c1. The number of halogens is 6. The number of fused-ring (bicyclic) bond motifs is 1. The van der Waals surface area contributed by atoms with Crippen LogP contribution in [0.2, 0.25) is 0 Å². The zero-order valence-corrected chi connectivity index (χ0v) is 17.9. The van der Waals surface area contributed by atoms with E-state index in [1.54, 1.807) is 6.92 Å². The van der Waals surface area contributed by atoms with Crippen molar-refractivity contribution >= 4 is 16.8 Å². The highest BCUT2D eigenvalue weighted by atomic mass is 19.4. The lowest BCUT2D eigenvalue weighted by Crippen LogP contribution is -2.12. The van der Waals surface area contributed by atoms with Crippen LogP contribution in [0.15, 0.2) is 42.7 Å². The average Bonchev–Trinajstić information content (AvgIpc) is 3.34. The molecule has 0 spiro atoms. The molecule has 4 aromatic rings. The molecule has 12 heteroatoms. The fourth-order valence-electron chi connectivity index (χ4n) is 3.84. The number of imidazole rings is 1. The Labute approximate surface area is 193 Å². The Bertz CT molecular complexity index is 1400. The minimum atomic E-state index is -5.14. The number of aromatic amines is 1. The van der Waals surface area contributed by atoms with Gasteiger partial charge in [-0.15, -0.1) is 0 Å². The molecule has 0 aliphatic rings. The summed E-state index contributed by atoms with van der Waals surface area (Å²) in [5.41, 5.74) is -3.97. The van der Waals surface area contributed by atoms with E-state index in [4.69, 9.17) is 0 Å². The second-order valence-electron chi connectivity index (χ2n) is 7.80. The number of carbonyl (C=O) groups is 1. The van der Waals surface area contributed by atoms with Crippen LogP contribution < -0.4 is 0 Å². The summed E-state index contributed by atoms with van der Waals surface area (Å²) in [5.74, 6) is -2.62. The fraction of sp³-hybridized carbons (Fsp3) is 0.217. The Morgan fingerprint density at radius 2 is 1.63 bits per heavy atom. The van der Waals surface area contributed by atoms with E-state index in [1.807, 2.05) is 0 Å². The van der Waals surface area contributed by atoms with Gasteiger partial charge >= 0.3 is 12.4 Å². The highest BCUT2D eigenvalue weighted by Gasteiger charge is 2.38. The molecule has 0 bridgehead atoms. The minimum absolute atomic E-state index is 0.0410. The van der Waals surface area contributed by atoms with Crippen LogP contribution in [0.4, 0.5) is 26.3 Å². The van der Waals surface area contributed by atoms with Gasteiger partial charge in [-0.3, -0.25) is 9.36 Å². The molecule has 2 aromatic carbocycles. The lowest BCUT2D eigenvalue weighted by Gasteiger charge is -2.17. The molecule has 6 nitrogen and oxygen atoms in total. The molecule has 0 unspecified atom stereocenters. The fourth-order valence-corrected chi connectivity index (χ4v) is 3.84. The largest absolute Gasteiger partial charge is 0.503 e. The van der Waals surface area contributed by atoms with Crippen LogP contribution >= 0.6 is 0 Å². The number of benzene rings is 2. The molecule has 0 aliphatic heterocycles. The molecule has 0 saturated heterocycles. The molecule has 0 aliphatic carbocycles. The second kappa shape index (κ2) is 8.36. The lowest BCUT2D eigenvalue weighted by atomic mass is 9.97. The predicted molar refractivity (Wildman–Crippen MR) is 113 cm³/mol. The first-order valence-electron chi connectivity index (χ1n) is 10.3. The second-order valence-corrected chi connectivity index (χ2v) is 7.80. The van der Waals surface area contributed by atoms with E-state index in [0.717, 1.165) is 4.57 Å². The summed E-state index contributed by atoms with van der Waals surface area (Å²) >= 11 is 0. The molecular formula is C23H17F6N3O3. The van der Waals surface area contributed by atoms with Gasteiger partial charge in [-0.2, -0.15) is 26.3 Å². The molecule has 184 valence electrons. The van der Waals surface area contributed by atoms with Crippen molar-refractivity contribution in [2.45, 2.75) is 32.1 Å². The van der Waals surface area contributed by atoms with Gasteiger partial charge < -0.3 is 15.2 Å². The van der Waals surface area contributed by atoms with Crippen LogP contribution in [0, 0.1) is 0 Å². The summed E-state index contributed by atoms with van der Waals surface area (Å²) in [6, 6.07) is 5.13. The number of aromatic nitrogens is 3. The number of hydrogen-bond acceptors (Lipinski definition) is 4. The van der Waals surface area contributed by atoms with Crippen molar-refractivity contribution in [1.82, 2.24) is 14.5 Å². The minimum Gasteiger partial charge on any atom is -0.503 e. The Morgan fingerprint density at radius 1 is 1.00 bits per heavy atom. The van der Waals surface area contributed by atoms with Gasteiger partial charge in [0.05, 0.1) is 45.4 Å². The number of H-pyrrole nitrogens is 1. The molecule has 35 heavy (non-hydrogen) atoms. The van der Waals surface area contributed by atoms with Crippen molar-refractivity contribution in [3.8, 4) is 28.6 Å². The third-order valence-electron chi connectivity index (χ3n) is 5.40. The van der Waals surface area contributed by atoms with E-state index in [1.165, 1.54) is 24.5 Å². The van der Waals surface area contributed by atoms with Gasteiger partial charge in [0.1, 0.15) is 0 Å². The molecular weight excluding hydrogens is 480 g/mol. The van der Waals surface area contributed by atoms with Gasteiger partial charge in [-0.25, -0.2) is 4.98 Å². The molecule has 2 aromatic heterocycles. The first-order valence-corrected chi connectivity index (χ1v) is 10.3. The highest BCUT2D eigenvalue weighted by molar-refractivity contribution is 6.06. The molecule has 0 fully saturated rings. The number of hydrogen-bond donors (Lipinski definition) is 3. The van der Waals surface area contributed by atoms with Crippen LogP contribution in [-0.4, -0.2) is 30.5 Å². The molecule has 3 N–H and O–H groups in total. The maximum atomic E-state index is 13.5. The van der Waals surface area contributed by atoms with Crippen molar-refractivity contribution in [2.75, 3.05) is 0 Å². The number of nitrogens with one attached hydrogen (secondary N) is 1. The Balaban J connectivity index is 2.11. The lowest BCUT2D eigenvalue weighted by molar-refractivity contribution is -0.143. The van der Waals surface area contributed by atoms with Gasteiger partial charge in [0.15, 0.2) is 11.5 Å². The van der Waals surface area contributed by atoms with E-state index >= 15 is 0 Å². The Kier molecular flexibility index (Phi) is 5.78. The summed E-state index contributed by atoms with van der Waals surface area (Å²) < 4.78 is 82.0. The third-order valence-corrected chi connectivity index (χ3v) is 5.40. The number of carbonyl (C=O) groups excluding carboxylic acids is 1. The number of rotatable bonds is 5. The monoisotopic (exact) mass is 497 g/mol. The average molecular weight is 497 g/mol. The van der Waals surface area contributed by atoms with Gasteiger partial charge in [0, 0.05) is 12.0 Å². The van der Waals surface area contributed by atoms with Crippen LogP contribution in [0.25, 0.3) is 28.0 Å². The number of Topliss-reactive ketones (excluding diaryl/α,β-unsaturated/α-hetero) is 1. The molecule has 0 amide bonds. The summed E-state index contributed by atoms with van der Waals surface area (Å²) in [6.07, 6.45) is -8.81. The zero-order valence-electron chi connectivity index (χ0n) is 17.9. The first kappa shape index (κ1) is 24.2. The van der Waals surface area contributed by atoms with E-state index < -0.39 is 57.7 Å². The molecule has 4 rings (SSSR count). The van der Waals surface area contributed by atoms with Crippen molar-refractivity contribution < 1.29 is 41.4 Å². The van der Waals surface area contributed by atoms with E-state index in [0.29, 0.717) is 23.2 Å². The van der Waals surface area contributed by atoms with Crippen molar-refractivity contribution in [1.29, 1.82) is 0 Å². The molecule has 0 saturated carbocycles. The van der Waals surface area contributed by atoms with Crippen molar-refractivity contribution in [3.05, 3.63) is 59.4 Å². The maximum Gasteiger partial charge on any atom is 0.416 e. The van der Waals surface area contributed by atoms with Gasteiger partial charge in [-0.05, 0) is 42.8 Å². The first-order chi connectivity index (χ1) is 16.3. The quantitative estimate of drug-likeness (QED) is 0.218. The van der Waals surface area contributed by atoms with Crippen LogP contribution in [-0.2, 0) is 12.4 Å². The third kappa shape index (κ3) is 4.31. The van der Waals surface area contributed by atoms with Gasteiger partial charge in [0.2, 0.25) is 5.88 Å². The summed E-state index contributed by atoms with van der Waals surface area (Å²) in [5, 5.41) is 21.3. The van der Waals surface area contributed by atoms with E-state index in [-0.39, 0.29) is 24.6 Å². The maximum absolute atomic E-state index is 13.5. The smallest absolute Gasteiger partial charge is 0.416 e. The summed E-state index contributed by atoms with van der Waals surface area (Å²) in [4.78, 5) is 19.7. The van der Waals surface area contributed by atoms with Crippen LogP contribution in [0.1, 0.15) is 41.3 Å². The van der Waals surface area contributed by atoms with Gasteiger partial charge in [-0.1, -0.05) is 6.92 Å². The Morgan fingerprint density at radius 3 is 2.20 bits per heavy atom. The predicted octanol–water partition coefficient (Wildman–Crippen LogP) is 6.45. The summed E-state index contributed by atoms with van der Waals surface area (Å²) in [7, 11) is 0. The van der Waals surface area contributed by atoms with Crippen LogP contribution in [0.5, 0.6) is 11.6 Å². The zero-order chi connectivity index (χ0) is 25.7. The van der Waals surface area contributed by atoms with Crippen LogP contribution in [0.3, 0.4) is 0 Å². The highest BCUT2D eigenvalue weighted by Crippen LogP contribution is 2.46. The topological polar surface area (TPSA) is 91.1 Å². The molecule has 0 radical (unpaired) electrons. The number of alkyl halides is 6. The summed E-state index contributed by atoms with van der Waals surface area (Å²) in [6.45, 7) is 1.63. The van der Waals surface area contributed by atoms with Gasteiger partial charge in [0.25, 0.3) is 0 Å². The Hall–Kier alpha value is -3.96. The number of aromatic hydroxyl groups is 2.